The van der Waals surface area contributed by atoms with Gasteiger partial charge in [0, 0.05) is 20.4 Å². The molecule has 0 amide bonds. The Morgan fingerprint density at radius 3 is 1.17 bits per heavy atom. The van der Waals surface area contributed by atoms with Crippen LogP contribution in [0.2, 0.25) is 10.0 Å². The van der Waals surface area contributed by atoms with Crippen molar-refractivity contribution >= 4 is 86.8 Å². The molecule has 0 unspecified atom stereocenters. The van der Waals surface area contributed by atoms with Gasteiger partial charge in [-0.05, 0) is 21.2 Å². The van der Waals surface area contributed by atoms with E-state index in [2.05, 4.69) is 149 Å². The Labute approximate surface area is 288 Å². The van der Waals surface area contributed by atoms with E-state index < -0.39 is 15.8 Å². The first-order valence-corrected chi connectivity index (χ1v) is 16.7. The second kappa shape index (κ2) is 17.1. The summed E-state index contributed by atoms with van der Waals surface area (Å²) >= 11 is 16.0. The zero-order chi connectivity index (χ0) is 27.0. The molecule has 0 bridgehead atoms. The number of hydrogen-bond acceptors (Lipinski definition) is 0. The average molecular weight is 809 g/mol. The summed E-state index contributed by atoms with van der Waals surface area (Å²) in [6.45, 7) is 0. The molecule has 0 heterocycles. The molecule has 0 radical (unpaired) electrons. The molecule has 6 aromatic rings. The minimum Gasteiger partial charge on any atom is -0.213 e. The van der Waals surface area contributed by atoms with Crippen molar-refractivity contribution in [2.45, 2.75) is 0 Å². The molecule has 7 heteroatoms. The molecule has 0 spiro atoms. The molecule has 0 aliphatic heterocycles. The monoisotopic (exact) mass is 806 g/mol. The van der Waals surface area contributed by atoms with E-state index in [-0.39, 0.29) is 37.5 Å². The van der Waals surface area contributed by atoms with Crippen LogP contribution in [0.25, 0.3) is 0 Å². The average Bonchev–Trinajstić information content (AvgIpc) is 3.61. The Bertz CT molecular complexity index is 1500. The molecule has 0 aliphatic rings. The number of hydrogen-bond donors (Lipinski definition) is 0. The minimum atomic E-state index is -0.678. The first kappa shape index (κ1) is 34.2. The number of rotatable bonds is 6. The summed E-state index contributed by atoms with van der Waals surface area (Å²) in [6, 6.07) is 53.1. The third kappa shape index (κ3) is 8.63. The second-order valence-corrected chi connectivity index (χ2v) is 14.6. The summed E-state index contributed by atoms with van der Waals surface area (Å²) in [4.78, 5) is 0. The zero-order valence-electron chi connectivity index (χ0n) is 21.6. The SMILES string of the molecule is Clc1c[c-](P(c2ccccc2)c2ccccc2)c(Br)c1Cl.[Fe+2].[Pd].c1ccc(P(c2ccccc2)[c-]2cccc2)cc1. The van der Waals surface area contributed by atoms with E-state index in [1.54, 1.807) is 0 Å². The van der Waals surface area contributed by atoms with Gasteiger partial charge in [0.05, 0.1) is 0 Å². The van der Waals surface area contributed by atoms with Crippen molar-refractivity contribution in [3.63, 3.8) is 0 Å². The van der Waals surface area contributed by atoms with Crippen LogP contribution in [0.3, 0.4) is 0 Å². The van der Waals surface area contributed by atoms with E-state index in [0.29, 0.717) is 10.0 Å². The molecule has 6 aromatic carbocycles. The molecule has 0 aromatic heterocycles. The Balaban J connectivity index is 0.000000217. The van der Waals surface area contributed by atoms with Gasteiger partial charge in [-0.1, -0.05) is 168 Å². The number of halogens is 3. The van der Waals surface area contributed by atoms with Gasteiger partial charge < -0.3 is 0 Å². The molecule has 0 saturated heterocycles. The fraction of sp³-hybridized carbons (Fsp3) is 0. The van der Waals surface area contributed by atoms with Gasteiger partial charge in [-0.15, -0.1) is 10.6 Å². The molecule has 0 fully saturated rings. The largest absolute Gasteiger partial charge is 2.00 e. The van der Waals surface area contributed by atoms with Crippen LogP contribution in [0.5, 0.6) is 0 Å². The van der Waals surface area contributed by atoms with E-state index >= 15 is 0 Å². The normalized spacial score (nSPS) is 10.4. The van der Waals surface area contributed by atoms with Crippen molar-refractivity contribution in [2.75, 3.05) is 0 Å². The summed E-state index contributed by atoms with van der Waals surface area (Å²) in [6.07, 6.45) is 0. The quantitative estimate of drug-likeness (QED) is 0.0902. The maximum Gasteiger partial charge on any atom is 2.00 e. The minimum absolute atomic E-state index is 0. The first-order valence-electron chi connectivity index (χ1n) is 12.5. The summed E-state index contributed by atoms with van der Waals surface area (Å²) < 4.78 is 0.896. The predicted molar refractivity (Wildman–Crippen MR) is 179 cm³/mol. The van der Waals surface area contributed by atoms with Crippen LogP contribution in [-0.4, -0.2) is 0 Å². The van der Waals surface area contributed by atoms with Gasteiger partial charge >= 0.3 is 17.1 Å². The van der Waals surface area contributed by atoms with Crippen molar-refractivity contribution in [1.29, 1.82) is 0 Å². The fourth-order valence-electron chi connectivity index (χ4n) is 4.32. The van der Waals surface area contributed by atoms with Gasteiger partial charge in [0.15, 0.2) is 0 Å². The molecule has 6 rings (SSSR count). The van der Waals surface area contributed by atoms with Crippen molar-refractivity contribution in [1.82, 2.24) is 0 Å². The molecule has 0 aliphatic carbocycles. The van der Waals surface area contributed by atoms with Crippen LogP contribution < -0.4 is 31.8 Å². The van der Waals surface area contributed by atoms with Crippen LogP contribution >= 0.6 is 55.0 Å². The van der Waals surface area contributed by atoms with E-state index in [9.17, 15) is 0 Å². The first-order chi connectivity index (χ1) is 19.1. The van der Waals surface area contributed by atoms with Gasteiger partial charge in [0.25, 0.3) is 0 Å². The zero-order valence-corrected chi connectivity index (χ0v) is 29.2. The van der Waals surface area contributed by atoms with Crippen LogP contribution in [0, 0.1) is 0 Å². The predicted octanol–water partition coefficient (Wildman–Crippen LogP) is 8.39. The van der Waals surface area contributed by atoms with E-state index in [0.717, 1.165) is 9.78 Å². The van der Waals surface area contributed by atoms with Crippen LogP contribution in [-0.2, 0) is 37.5 Å². The van der Waals surface area contributed by atoms with E-state index in [1.807, 2.05) is 18.2 Å². The van der Waals surface area contributed by atoms with Crippen LogP contribution in [0.4, 0.5) is 0 Å². The third-order valence-electron chi connectivity index (χ3n) is 6.09. The molecule has 0 atom stereocenters. The standard InChI is InChI=1S/C17H11BrCl2P.C17H14P.Fe.Pd/c18-16-15(11-14(19)17(16)20)21(12-7-3-1-4-8-12)13-9-5-2-6-10-13;1-3-9-15(10-4-1)18(17-13-7-8-14-17)16-11-5-2-6-12-16;;/h1-11H;1-14H;;/q2*-1;+2;. The molecule has 0 N–H and O–H groups in total. The summed E-state index contributed by atoms with van der Waals surface area (Å²) in [5, 5.41) is 9.12. The van der Waals surface area contributed by atoms with Crippen molar-refractivity contribution in [3.05, 3.63) is 166 Å². The Kier molecular flexibility index (Phi) is 14.2. The van der Waals surface area contributed by atoms with Gasteiger partial charge in [0.1, 0.15) is 0 Å². The number of benzene rings is 4. The third-order valence-corrected chi connectivity index (χ3v) is 13.1. The molecular weight excluding hydrogens is 783 g/mol. The van der Waals surface area contributed by atoms with Crippen LogP contribution in [0.1, 0.15) is 0 Å². The Morgan fingerprint density at radius 2 is 0.854 bits per heavy atom. The smallest absolute Gasteiger partial charge is 0.213 e. The van der Waals surface area contributed by atoms with Gasteiger partial charge in [-0.3, -0.25) is 0 Å². The van der Waals surface area contributed by atoms with E-state index in [1.165, 1.54) is 26.5 Å². The molecule has 0 saturated carbocycles. The van der Waals surface area contributed by atoms with Crippen molar-refractivity contribution in [2.24, 2.45) is 0 Å². The molecule has 41 heavy (non-hydrogen) atoms. The van der Waals surface area contributed by atoms with E-state index in [4.69, 9.17) is 23.2 Å². The van der Waals surface area contributed by atoms with Gasteiger partial charge in [-0.25, -0.2) is 12.1 Å². The molecular formula is C34H25BrCl2FeP2Pd. The Hall–Kier alpha value is -1.32. The van der Waals surface area contributed by atoms with Gasteiger partial charge in [-0.2, -0.15) is 41.4 Å². The van der Waals surface area contributed by atoms with Crippen molar-refractivity contribution in [3.8, 4) is 0 Å². The maximum atomic E-state index is 6.25. The Morgan fingerprint density at radius 1 is 0.512 bits per heavy atom. The van der Waals surface area contributed by atoms with Gasteiger partial charge in [0.2, 0.25) is 0 Å². The van der Waals surface area contributed by atoms with Crippen molar-refractivity contribution < 1.29 is 37.5 Å². The molecule has 210 valence electrons. The summed E-state index contributed by atoms with van der Waals surface area (Å²) in [5.41, 5.74) is 0. The second-order valence-electron chi connectivity index (χ2n) is 8.66. The fourth-order valence-corrected chi connectivity index (χ4v) is 10.5. The summed E-state index contributed by atoms with van der Waals surface area (Å²) in [7, 11) is -1.09. The topological polar surface area (TPSA) is 0 Å². The maximum absolute atomic E-state index is 6.25. The van der Waals surface area contributed by atoms with Crippen LogP contribution in [0.15, 0.2) is 156 Å². The molecule has 0 nitrogen and oxygen atoms in total. The summed E-state index contributed by atoms with van der Waals surface area (Å²) in [5.74, 6) is 0.